The Morgan fingerprint density at radius 2 is 2.57 bits per heavy atom. The number of benzene rings is 1. The van der Waals surface area contributed by atoms with Crippen LogP contribution in [0, 0.1) is 0 Å². The Morgan fingerprint density at radius 1 is 1.67 bits per heavy atom. The van der Waals surface area contributed by atoms with Gasteiger partial charge in [0.1, 0.15) is 6.56 Å². The van der Waals surface area contributed by atoms with Gasteiger partial charge >= 0.3 is 6.09 Å². The Balaban J connectivity index is 1.94. The summed E-state index contributed by atoms with van der Waals surface area (Å²) in [5.74, 6) is 0. The SMILES string of the molecule is [2H]C([2H])(CN(C)C([2H])([2H])[2H])c1c[nH]c2ccc(C[C@]3([2H])NC(=O)OC3([2H])[2H])cc12. The number of rotatable bonds is 5. The molecule has 5 heteroatoms. The van der Waals surface area contributed by atoms with Gasteiger partial charge in [0.25, 0.3) is 0 Å². The highest BCUT2D eigenvalue weighted by molar-refractivity contribution is 5.84. The molecule has 0 bridgehead atoms. The van der Waals surface area contributed by atoms with Crippen molar-refractivity contribution in [2.24, 2.45) is 0 Å². The summed E-state index contributed by atoms with van der Waals surface area (Å²) >= 11 is 0. The molecule has 1 aliphatic rings. The number of carbonyl (C=O) groups is 1. The van der Waals surface area contributed by atoms with Crippen LogP contribution in [-0.2, 0) is 17.5 Å². The van der Waals surface area contributed by atoms with Gasteiger partial charge in [-0.25, -0.2) is 4.79 Å². The van der Waals surface area contributed by atoms with Crippen molar-refractivity contribution in [3.8, 4) is 0 Å². The van der Waals surface area contributed by atoms with Crippen LogP contribution in [0.1, 0.15) is 22.1 Å². The summed E-state index contributed by atoms with van der Waals surface area (Å²) in [6, 6.07) is 2.87. The lowest BCUT2D eigenvalue weighted by Crippen LogP contribution is -2.28. The van der Waals surface area contributed by atoms with Crippen LogP contribution < -0.4 is 5.32 Å². The van der Waals surface area contributed by atoms with Gasteiger partial charge in [0.15, 0.2) is 0 Å². The molecule has 1 aromatic heterocycles. The van der Waals surface area contributed by atoms with E-state index in [0.717, 1.165) is 4.90 Å². The van der Waals surface area contributed by atoms with Gasteiger partial charge in [0.2, 0.25) is 0 Å². The number of carbonyl (C=O) groups excluding carboxylic acids is 1. The standard InChI is InChI=1S/C16H21N3O2/c1-19(2)6-5-12-9-17-15-4-3-11(8-14(12)15)7-13-10-21-16(20)18-13/h3-4,8-9,13,17H,5-7,10H2,1-2H3,(H,18,20)/t13-/m0/s1/i1D3,5D2,10D2,13D. The summed E-state index contributed by atoms with van der Waals surface area (Å²) in [4.78, 5) is 15.3. The van der Waals surface area contributed by atoms with Crippen LogP contribution in [0.5, 0.6) is 0 Å². The molecule has 2 aromatic rings. The predicted octanol–water partition coefficient (Wildman–Crippen LogP) is 1.92. The molecule has 1 amide bonds. The maximum Gasteiger partial charge on any atom is 0.407 e. The number of likely N-dealkylation sites (N-methyl/N-ethyl adjacent to an activating group) is 1. The molecule has 112 valence electrons. The fraction of sp³-hybridized carbons (Fsp3) is 0.438. The normalized spacial score (nSPS) is 31.0. The van der Waals surface area contributed by atoms with Crippen molar-refractivity contribution in [1.82, 2.24) is 15.2 Å². The van der Waals surface area contributed by atoms with E-state index in [-0.39, 0.29) is 18.5 Å². The molecular weight excluding hydrogens is 266 g/mol. The van der Waals surface area contributed by atoms with Crippen molar-refractivity contribution in [3.63, 3.8) is 0 Å². The third-order valence-electron chi connectivity index (χ3n) is 3.15. The van der Waals surface area contributed by atoms with E-state index < -0.39 is 32.0 Å². The van der Waals surface area contributed by atoms with Crippen molar-refractivity contribution in [3.05, 3.63) is 35.5 Å². The zero-order chi connectivity index (χ0) is 21.8. The number of hydrogen-bond donors (Lipinski definition) is 2. The van der Waals surface area contributed by atoms with Crippen molar-refractivity contribution >= 4 is 17.0 Å². The lowest BCUT2D eigenvalue weighted by molar-refractivity contribution is 0.177. The van der Waals surface area contributed by atoms with E-state index >= 15 is 0 Å². The third-order valence-corrected chi connectivity index (χ3v) is 3.15. The minimum atomic E-state index is -2.53. The molecule has 1 aromatic carbocycles. The summed E-state index contributed by atoms with van der Waals surface area (Å²) in [6.07, 6.45) is -1.74. The van der Waals surface area contributed by atoms with Gasteiger partial charge in [0, 0.05) is 30.5 Å². The van der Waals surface area contributed by atoms with E-state index in [2.05, 4.69) is 15.0 Å². The Hall–Kier alpha value is -2.01. The molecule has 1 fully saturated rings. The number of amides is 1. The monoisotopic (exact) mass is 295 g/mol. The van der Waals surface area contributed by atoms with E-state index in [4.69, 9.17) is 11.0 Å². The molecule has 1 saturated heterocycles. The number of nitrogens with zero attached hydrogens (tertiary/aromatic N) is 1. The van der Waals surface area contributed by atoms with Crippen molar-refractivity contribution in [1.29, 1.82) is 0 Å². The number of fused-ring (bicyclic) bond motifs is 1. The fourth-order valence-electron chi connectivity index (χ4n) is 2.19. The molecule has 1 aliphatic heterocycles. The van der Waals surface area contributed by atoms with Gasteiger partial charge in [0.05, 0.1) is 10.1 Å². The highest BCUT2D eigenvalue weighted by Crippen LogP contribution is 2.21. The number of ether oxygens (including phenoxy) is 1. The molecule has 2 heterocycles. The molecule has 0 saturated carbocycles. The molecule has 0 unspecified atom stereocenters. The molecule has 0 spiro atoms. The van der Waals surface area contributed by atoms with Gasteiger partial charge in [-0.3, -0.25) is 0 Å². The topological polar surface area (TPSA) is 57.4 Å². The van der Waals surface area contributed by atoms with E-state index in [1.807, 2.05) is 0 Å². The largest absolute Gasteiger partial charge is 0.447 e. The molecule has 0 aliphatic carbocycles. The molecular formula is C16H21N3O2. The number of alkyl carbamates (subject to hydrolysis) is 1. The van der Waals surface area contributed by atoms with E-state index in [9.17, 15) is 4.79 Å². The number of cyclic esters (lactones) is 1. The molecule has 1 atom stereocenters. The maximum absolute atomic E-state index is 11.4. The summed E-state index contributed by atoms with van der Waals surface area (Å²) in [6.45, 7) is -5.33. The number of hydrogen-bond acceptors (Lipinski definition) is 3. The smallest absolute Gasteiger partial charge is 0.407 e. The molecule has 2 N–H and O–H groups in total. The summed E-state index contributed by atoms with van der Waals surface area (Å²) < 4.78 is 67.4. The number of aromatic amines is 1. The molecule has 21 heavy (non-hydrogen) atoms. The first-order valence-electron chi connectivity index (χ1n) is 10.5. The highest BCUT2D eigenvalue weighted by Gasteiger charge is 2.22. The summed E-state index contributed by atoms with van der Waals surface area (Å²) in [5.41, 5.74) is 1.35. The van der Waals surface area contributed by atoms with Crippen LogP contribution in [-0.4, -0.2) is 49.1 Å². The first kappa shape index (κ1) is 7.31. The van der Waals surface area contributed by atoms with Gasteiger partial charge in [-0.2, -0.15) is 0 Å². The Labute approximate surface area is 135 Å². The van der Waals surface area contributed by atoms with Crippen LogP contribution in [0.25, 0.3) is 10.9 Å². The lowest BCUT2D eigenvalue weighted by atomic mass is 10.0. The number of aromatic nitrogens is 1. The van der Waals surface area contributed by atoms with Crippen molar-refractivity contribution in [2.75, 3.05) is 27.1 Å². The van der Waals surface area contributed by atoms with Crippen LogP contribution >= 0.6 is 0 Å². The highest BCUT2D eigenvalue weighted by atomic mass is 16.6. The first-order valence-corrected chi connectivity index (χ1v) is 6.48. The van der Waals surface area contributed by atoms with Gasteiger partial charge in [-0.05, 0) is 50.1 Å². The first-order chi connectivity index (χ1) is 13.1. The molecule has 3 rings (SSSR count). The zero-order valence-electron chi connectivity index (χ0n) is 19.5. The summed E-state index contributed by atoms with van der Waals surface area (Å²) in [5, 5.41) is 2.66. The summed E-state index contributed by atoms with van der Waals surface area (Å²) in [7, 11) is 1.32. The van der Waals surface area contributed by atoms with Crippen LogP contribution in [0.3, 0.4) is 0 Å². The molecule has 0 radical (unpaired) electrons. The van der Waals surface area contributed by atoms with E-state index in [1.165, 1.54) is 13.2 Å². The minimum absolute atomic E-state index is 0.204. The lowest BCUT2D eigenvalue weighted by Gasteiger charge is -2.09. The Bertz CT molecular complexity index is 942. The maximum atomic E-state index is 11.4. The van der Waals surface area contributed by atoms with E-state index in [0.29, 0.717) is 16.5 Å². The second-order valence-corrected chi connectivity index (χ2v) is 4.89. The second kappa shape index (κ2) is 5.77. The Kier molecular flexibility index (Phi) is 2.01. The van der Waals surface area contributed by atoms with Gasteiger partial charge in [-0.1, -0.05) is 6.07 Å². The van der Waals surface area contributed by atoms with Crippen LogP contribution in [0.15, 0.2) is 24.4 Å². The second-order valence-electron chi connectivity index (χ2n) is 4.89. The zero-order valence-corrected chi connectivity index (χ0v) is 11.5. The molecule has 5 nitrogen and oxygen atoms in total. The van der Waals surface area contributed by atoms with Crippen LogP contribution in [0.2, 0.25) is 0 Å². The predicted molar refractivity (Wildman–Crippen MR) is 82.5 cm³/mol. The average molecular weight is 295 g/mol. The number of H-pyrrole nitrogens is 1. The van der Waals surface area contributed by atoms with Crippen molar-refractivity contribution in [2.45, 2.75) is 18.8 Å². The average Bonchev–Trinajstić information content (AvgIpc) is 3.04. The van der Waals surface area contributed by atoms with Gasteiger partial charge in [-0.15, -0.1) is 0 Å². The Morgan fingerprint density at radius 3 is 3.33 bits per heavy atom. The van der Waals surface area contributed by atoms with Gasteiger partial charge < -0.3 is 19.9 Å². The number of nitrogens with one attached hydrogen (secondary N) is 2. The quantitative estimate of drug-likeness (QED) is 0.886. The fourth-order valence-corrected chi connectivity index (χ4v) is 2.19. The van der Waals surface area contributed by atoms with Crippen molar-refractivity contribution < 1.29 is 20.5 Å². The third kappa shape index (κ3) is 3.19. The minimum Gasteiger partial charge on any atom is -0.447 e. The van der Waals surface area contributed by atoms with E-state index in [1.54, 1.807) is 18.2 Å². The van der Waals surface area contributed by atoms with Crippen LogP contribution in [0.4, 0.5) is 4.79 Å².